The number of rotatable bonds is 2. The number of halogens is 1. The molecular weight excluding hydrogens is 253 g/mol. The maximum absolute atomic E-state index is 13.1. The maximum atomic E-state index is 13.1. The molecule has 1 unspecified atom stereocenters. The zero-order valence-corrected chi connectivity index (χ0v) is 10.8. The summed E-state index contributed by atoms with van der Waals surface area (Å²) in [5.41, 5.74) is 4.20. The van der Waals surface area contributed by atoms with Crippen molar-refractivity contribution in [1.82, 2.24) is 5.32 Å². The van der Waals surface area contributed by atoms with Crippen molar-refractivity contribution in [2.45, 2.75) is 12.5 Å². The van der Waals surface area contributed by atoms with Gasteiger partial charge in [-0.2, -0.15) is 0 Å². The number of carbonyl (C=O) groups is 1. The van der Waals surface area contributed by atoms with E-state index in [-0.39, 0.29) is 11.9 Å². The van der Waals surface area contributed by atoms with Gasteiger partial charge in [-0.05, 0) is 46.7 Å². The van der Waals surface area contributed by atoms with Crippen molar-refractivity contribution in [1.29, 1.82) is 0 Å². The highest BCUT2D eigenvalue weighted by atomic mass is 19.1. The molecule has 0 aliphatic carbocycles. The number of nitrogens with one attached hydrogen (secondary N) is 1. The Morgan fingerprint density at radius 1 is 1.15 bits per heavy atom. The largest absolute Gasteiger partial charge is 0.381 e. The van der Waals surface area contributed by atoms with Gasteiger partial charge in [-0.3, -0.25) is 0 Å². The minimum atomic E-state index is -0.247. The van der Waals surface area contributed by atoms with Crippen LogP contribution in [0.1, 0.15) is 11.1 Å². The van der Waals surface area contributed by atoms with E-state index in [1.165, 1.54) is 12.1 Å². The molecule has 2 aromatic carbocycles. The van der Waals surface area contributed by atoms with Gasteiger partial charge in [-0.25, -0.2) is 4.39 Å². The summed E-state index contributed by atoms with van der Waals surface area (Å²) < 4.78 is 13.1. The van der Waals surface area contributed by atoms with E-state index in [1.807, 2.05) is 24.3 Å². The number of hydrogen-bond donors (Lipinski definition) is 1. The first-order chi connectivity index (χ1) is 9.78. The monoisotopic (exact) mass is 267 g/mol. The molecule has 0 spiro atoms. The molecule has 2 aromatic rings. The first-order valence-electron chi connectivity index (χ1n) is 6.53. The van der Waals surface area contributed by atoms with Crippen LogP contribution in [0.2, 0.25) is 0 Å². The number of carbonyl (C=O) groups excluding carboxylic acids is 1. The van der Waals surface area contributed by atoms with E-state index in [0.29, 0.717) is 6.42 Å². The fraction of sp³-hybridized carbons (Fsp3) is 0.118. The van der Waals surface area contributed by atoms with Gasteiger partial charge in [-0.1, -0.05) is 30.3 Å². The van der Waals surface area contributed by atoms with Crippen LogP contribution in [-0.4, -0.2) is 12.3 Å². The van der Waals surface area contributed by atoms with Gasteiger partial charge in [0, 0.05) is 6.42 Å². The van der Waals surface area contributed by atoms with Crippen LogP contribution in [0.4, 0.5) is 4.39 Å². The molecule has 1 heterocycles. The van der Waals surface area contributed by atoms with Crippen LogP contribution in [0.5, 0.6) is 0 Å². The molecule has 0 bridgehead atoms. The molecule has 1 aliphatic heterocycles. The summed E-state index contributed by atoms with van der Waals surface area (Å²) in [6.45, 7) is 0. The van der Waals surface area contributed by atoms with Crippen LogP contribution in [0, 0.1) is 5.82 Å². The van der Waals surface area contributed by atoms with Gasteiger partial charge in [0.2, 0.25) is 0 Å². The van der Waals surface area contributed by atoms with E-state index in [4.69, 9.17) is 0 Å². The average molecular weight is 267 g/mol. The van der Waals surface area contributed by atoms with Crippen molar-refractivity contribution in [2.24, 2.45) is 0 Å². The van der Waals surface area contributed by atoms with Gasteiger partial charge >= 0.3 is 0 Å². The van der Waals surface area contributed by atoms with Crippen molar-refractivity contribution in [3.63, 3.8) is 0 Å². The molecule has 0 saturated heterocycles. The van der Waals surface area contributed by atoms with Crippen molar-refractivity contribution < 1.29 is 9.18 Å². The quantitative estimate of drug-likeness (QED) is 0.847. The van der Waals surface area contributed by atoms with Crippen molar-refractivity contribution >= 4 is 12.4 Å². The second kappa shape index (κ2) is 5.29. The van der Waals surface area contributed by atoms with E-state index in [2.05, 4.69) is 5.32 Å². The van der Waals surface area contributed by atoms with Crippen molar-refractivity contribution in [2.75, 3.05) is 0 Å². The SMILES string of the molecule is O=CC1Cc2c(cccc2-c2ccc(F)cc2)C=CN1. The fourth-order valence-corrected chi connectivity index (χ4v) is 2.52. The Balaban J connectivity index is 2.11. The van der Waals surface area contributed by atoms with E-state index >= 15 is 0 Å². The Labute approximate surface area is 116 Å². The summed E-state index contributed by atoms with van der Waals surface area (Å²) in [5.74, 6) is -0.247. The molecule has 100 valence electrons. The van der Waals surface area contributed by atoms with E-state index in [1.54, 1.807) is 18.3 Å². The molecule has 0 saturated carbocycles. The molecule has 0 radical (unpaired) electrons. The van der Waals surface area contributed by atoms with Gasteiger partial charge in [0.15, 0.2) is 0 Å². The third-order valence-corrected chi connectivity index (χ3v) is 3.53. The highest BCUT2D eigenvalue weighted by Crippen LogP contribution is 2.29. The van der Waals surface area contributed by atoms with Crippen LogP contribution in [0.25, 0.3) is 17.2 Å². The lowest BCUT2D eigenvalue weighted by Crippen LogP contribution is -2.27. The summed E-state index contributed by atoms with van der Waals surface area (Å²) in [4.78, 5) is 11.1. The number of aldehydes is 1. The third-order valence-electron chi connectivity index (χ3n) is 3.53. The maximum Gasteiger partial charge on any atom is 0.142 e. The molecule has 0 aromatic heterocycles. The topological polar surface area (TPSA) is 29.1 Å². The van der Waals surface area contributed by atoms with Crippen molar-refractivity contribution in [3.8, 4) is 11.1 Å². The van der Waals surface area contributed by atoms with Gasteiger partial charge in [-0.15, -0.1) is 0 Å². The summed E-state index contributed by atoms with van der Waals surface area (Å²) in [7, 11) is 0. The molecule has 3 rings (SSSR count). The van der Waals surface area contributed by atoms with Crippen molar-refractivity contribution in [3.05, 3.63) is 65.6 Å². The average Bonchev–Trinajstić information content (AvgIpc) is 2.69. The van der Waals surface area contributed by atoms with Gasteiger partial charge in [0.05, 0.1) is 6.04 Å². The fourth-order valence-electron chi connectivity index (χ4n) is 2.52. The first kappa shape index (κ1) is 12.6. The Morgan fingerprint density at radius 2 is 1.95 bits per heavy atom. The summed E-state index contributed by atoms with van der Waals surface area (Å²) in [6.07, 6.45) is 5.31. The highest BCUT2D eigenvalue weighted by Gasteiger charge is 2.16. The van der Waals surface area contributed by atoms with Crippen LogP contribution in [-0.2, 0) is 11.2 Å². The van der Waals surface area contributed by atoms with E-state index in [9.17, 15) is 9.18 Å². The van der Waals surface area contributed by atoms with E-state index < -0.39 is 0 Å². The normalized spacial score (nSPS) is 16.9. The molecule has 0 fully saturated rings. The Hall–Kier alpha value is -2.42. The third kappa shape index (κ3) is 2.35. The lowest BCUT2D eigenvalue weighted by Gasteiger charge is -2.14. The zero-order chi connectivity index (χ0) is 13.9. The number of benzene rings is 2. The molecule has 20 heavy (non-hydrogen) atoms. The highest BCUT2D eigenvalue weighted by molar-refractivity contribution is 5.75. The lowest BCUT2D eigenvalue weighted by atomic mass is 9.92. The minimum Gasteiger partial charge on any atom is -0.381 e. The van der Waals surface area contributed by atoms with Crippen LogP contribution in [0.15, 0.2) is 48.7 Å². The standard InChI is InChI=1S/C17H14FNO/c18-14-6-4-13(5-7-14)16-3-1-2-12-8-9-19-15(11-20)10-17(12)16/h1-9,11,15,19H,10H2. The molecule has 2 nitrogen and oxygen atoms in total. The molecule has 1 atom stereocenters. The minimum absolute atomic E-state index is 0.228. The zero-order valence-electron chi connectivity index (χ0n) is 10.8. The predicted molar refractivity (Wildman–Crippen MR) is 77.6 cm³/mol. The molecule has 1 aliphatic rings. The Bertz CT molecular complexity index is 661. The molecule has 0 amide bonds. The lowest BCUT2D eigenvalue weighted by molar-refractivity contribution is -0.109. The van der Waals surface area contributed by atoms with Crippen LogP contribution in [0.3, 0.4) is 0 Å². The van der Waals surface area contributed by atoms with Crippen LogP contribution < -0.4 is 5.32 Å². The molecule has 1 N–H and O–H groups in total. The smallest absolute Gasteiger partial charge is 0.142 e. The summed E-state index contributed by atoms with van der Waals surface area (Å²) in [6, 6.07) is 12.2. The Kier molecular flexibility index (Phi) is 3.33. The molecule has 3 heteroatoms. The number of fused-ring (bicyclic) bond motifs is 1. The van der Waals surface area contributed by atoms with E-state index in [0.717, 1.165) is 28.5 Å². The van der Waals surface area contributed by atoms with Gasteiger partial charge < -0.3 is 10.1 Å². The second-order valence-corrected chi connectivity index (χ2v) is 4.83. The van der Waals surface area contributed by atoms with Crippen LogP contribution >= 0.6 is 0 Å². The van der Waals surface area contributed by atoms with Gasteiger partial charge in [0.25, 0.3) is 0 Å². The second-order valence-electron chi connectivity index (χ2n) is 4.83. The predicted octanol–water partition coefficient (Wildman–Crippen LogP) is 3.18. The summed E-state index contributed by atoms with van der Waals surface area (Å²) in [5, 5.41) is 3.06. The van der Waals surface area contributed by atoms with Gasteiger partial charge in [0.1, 0.15) is 12.1 Å². The molecular formula is C17H14FNO. The Morgan fingerprint density at radius 3 is 2.70 bits per heavy atom. The summed E-state index contributed by atoms with van der Waals surface area (Å²) >= 11 is 0. The number of hydrogen-bond acceptors (Lipinski definition) is 2. The first-order valence-corrected chi connectivity index (χ1v) is 6.53.